The largest absolute Gasteiger partial charge is 0.335 e. The third kappa shape index (κ3) is 3.88. The number of carbonyl (C=O) groups excluding carboxylic acids is 2. The number of fused-ring (bicyclic) bond motifs is 1. The van der Waals surface area contributed by atoms with Gasteiger partial charge in [-0.1, -0.05) is 25.0 Å². The lowest BCUT2D eigenvalue weighted by Gasteiger charge is -2.22. The Kier molecular flexibility index (Phi) is 5.17. The zero-order chi connectivity index (χ0) is 17.9. The molecule has 138 valence electrons. The maximum absolute atomic E-state index is 12.3. The Balaban J connectivity index is 1.35. The van der Waals surface area contributed by atoms with E-state index in [9.17, 15) is 9.59 Å². The number of para-hydroxylation sites is 1. The smallest absolute Gasteiger partial charge is 0.321 e. The molecule has 1 aromatic carbocycles. The molecule has 1 aliphatic heterocycles. The number of imide groups is 1. The fourth-order valence-corrected chi connectivity index (χ4v) is 5.11. The predicted molar refractivity (Wildman–Crippen MR) is 102 cm³/mol. The van der Waals surface area contributed by atoms with Crippen molar-refractivity contribution in [1.29, 1.82) is 0 Å². The highest BCUT2D eigenvalue weighted by atomic mass is 32.1. The number of urea groups is 1. The standard InChI is InChI=1S/C19H24N4O2S/c24-17(22-19(25)20-13-6-1-2-7-13)12-23-11-5-9-15(23)18-21-14-8-3-4-10-16(14)26-18/h3-4,8,10,13,15H,1-2,5-7,9,11-12H2,(H2,20,22,24,25). The molecule has 0 radical (unpaired) electrons. The van der Waals surface area contributed by atoms with Crippen LogP contribution >= 0.6 is 11.3 Å². The number of rotatable bonds is 4. The molecule has 1 aromatic heterocycles. The number of nitrogens with one attached hydrogen (secondary N) is 2. The van der Waals surface area contributed by atoms with Crippen LogP contribution in [-0.2, 0) is 4.79 Å². The Hall–Kier alpha value is -1.99. The second-order valence-electron chi connectivity index (χ2n) is 7.15. The monoisotopic (exact) mass is 372 g/mol. The van der Waals surface area contributed by atoms with Crippen LogP contribution in [0.5, 0.6) is 0 Å². The maximum Gasteiger partial charge on any atom is 0.321 e. The van der Waals surface area contributed by atoms with Crippen LogP contribution < -0.4 is 10.6 Å². The SMILES string of the molecule is O=C(CN1CCCC1c1nc2ccccc2s1)NC(=O)NC1CCCC1. The lowest BCUT2D eigenvalue weighted by molar-refractivity contribution is -0.121. The third-order valence-corrected chi connectivity index (χ3v) is 6.39. The Morgan fingerprint density at radius 2 is 1.96 bits per heavy atom. The van der Waals surface area contributed by atoms with Crippen LogP contribution in [-0.4, -0.2) is 41.0 Å². The molecule has 3 amide bonds. The van der Waals surface area contributed by atoms with E-state index in [0.717, 1.165) is 55.6 Å². The highest BCUT2D eigenvalue weighted by molar-refractivity contribution is 7.18. The molecule has 0 spiro atoms. The molecule has 26 heavy (non-hydrogen) atoms. The summed E-state index contributed by atoms with van der Waals surface area (Å²) in [5, 5.41) is 6.44. The van der Waals surface area contributed by atoms with Gasteiger partial charge in [0.25, 0.3) is 0 Å². The summed E-state index contributed by atoms with van der Waals surface area (Å²) < 4.78 is 1.18. The highest BCUT2D eigenvalue weighted by Crippen LogP contribution is 2.36. The third-order valence-electron chi connectivity index (χ3n) is 5.25. The van der Waals surface area contributed by atoms with Crippen molar-refractivity contribution in [2.45, 2.75) is 50.6 Å². The van der Waals surface area contributed by atoms with Gasteiger partial charge in [0.05, 0.1) is 22.8 Å². The van der Waals surface area contributed by atoms with Crippen molar-refractivity contribution in [2.24, 2.45) is 0 Å². The van der Waals surface area contributed by atoms with Crippen molar-refractivity contribution < 1.29 is 9.59 Å². The minimum atomic E-state index is -0.363. The van der Waals surface area contributed by atoms with Gasteiger partial charge in [-0.15, -0.1) is 11.3 Å². The van der Waals surface area contributed by atoms with E-state index in [4.69, 9.17) is 4.98 Å². The van der Waals surface area contributed by atoms with Crippen LogP contribution in [0.4, 0.5) is 4.79 Å². The summed E-state index contributed by atoms with van der Waals surface area (Å²) >= 11 is 1.70. The average Bonchev–Trinajstić information content (AvgIpc) is 3.33. The first kappa shape index (κ1) is 17.4. The van der Waals surface area contributed by atoms with Gasteiger partial charge >= 0.3 is 6.03 Å². The number of nitrogens with zero attached hydrogens (tertiary/aromatic N) is 2. The first-order chi connectivity index (χ1) is 12.7. The summed E-state index contributed by atoms with van der Waals surface area (Å²) in [7, 11) is 0. The minimum Gasteiger partial charge on any atom is -0.335 e. The molecule has 4 rings (SSSR count). The predicted octanol–water partition coefficient (Wildman–Crippen LogP) is 3.20. The summed E-state index contributed by atoms with van der Waals surface area (Å²) in [6.07, 6.45) is 6.36. The molecule has 2 N–H and O–H groups in total. The van der Waals surface area contributed by atoms with Crippen molar-refractivity contribution in [1.82, 2.24) is 20.5 Å². The van der Waals surface area contributed by atoms with E-state index >= 15 is 0 Å². The summed E-state index contributed by atoms with van der Waals surface area (Å²) in [4.78, 5) is 31.2. The number of likely N-dealkylation sites (tertiary alicyclic amines) is 1. The lowest BCUT2D eigenvalue weighted by atomic mass is 10.2. The van der Waals surface area contributed by atoms with Crippen molar-refractivity contribution in [3.05, 3.63) is 29.3 Å². The Morgan fingerprint density at radius 1 is 1.15 bits per heavy atom. The van der Waals surface area contributed by atoms with Gasteiger partial charge < -0.3 is 5.32 Å². The van der Waals surface area contributed by atoms with Crippen molar-refractivity contribution in [3.8, 4) is 0 Å². The van der Waals surface area contributed by atoms with Gasteiger partial charge in [-0.05, 0) is 44.4 Å². The van der Waals surface area contributed by atoms with E-state index in [1.807, 2.05) is 18.2 Å². The first-order valence-electron chi connectivity index (χ1n) is 9.39. The highest BCUT2D eigenvalue weighted by Gasteiger charge is 2.30. The first-order valence-corrected chi connectivity index (χ1v) is 10.2. The van der Waals surface area contributed by atoms with Gasteiger partial charge in [0.2, 0.25) is 5.91 Å². The molecule has 1 saturated carbocycles. The van der Waals surface area contributed by atoms with Crippen LogP contribution in [0.1, 0.15) is 49.6 Å². The van der Waals surface area contributed by atoms with Gasteiger partial charge in [-0.25, -0.2) is 9.78 Å². The lowest BCUT2D eigenvalue weighted by Crippen LogP contribution is -2.46. The summed E-state index contributed by atoms with van der Waals surface area (Å²) in [5.74, 6) is -0.242. The fraction of sp³-hybridized carbons (Fsp3) is 0.526. The minimum absolute atomic E-state index is 0.163. The number of carbonyl (C=O) groups is 2. The van der Waals surface area contributed by atoms with E-state index in [2.05, 4.69) is 21.6 Å². The maximum atomic E-state index is 12.3. The van der Waals surface area contributed by atoms with Crippen molar-refractivity contribution >= 4 is 33.5 Å². The molecular formula is C19H24N4O2S. The van der Waals surface area contributed by atoms with Crippen molar-refractivity contribution in [3.63, 3.8) is 0 Å². The number of thiazole rings is 1. The summed E-state index contributed by atoms with van der Waals surface area (Å²) in [6.45, 7) is 1.09. The molecule has 1 atom stereocenters. The van der Waals surface area contributed by atoms with Crippen LogP contribution in [0.25, 0.3) is 10.2 Å². The van der Waals surface area contributed by atoms with Crippen LogP contribution in [0, 0.1) is 0 Å². The molecular weight excluding hydrogens is 348 g/mol. The van der Waals surface area contributed by atoms with Crippen LogP contribution in [0.3, 0.4) is 0 Å². The summed E-state index contributed by atoms with van der Waals surface area (Å²) in [6, 6.07) is 8.13. The molecule has 1 unspecified atom stereocenters. The Bertz CT molecular complexity index is 767. The number of benzene rings is 1. The molecule has 0 bridgehead atoms. The van der Waals surface area contributed by atoms with E-state index < -0.39 is 0 Å². The molecule has 2 aliphatic rings. The molecule has 6 nitrogen and oxygen atoms in total. The molecule has 2 aromatic rings. The van der Waals surface area contributed by atoms with Gasteiger partial charge in [0.15, 0.2) is 0 Å². The molecule has 2 heterocycles. The van der Waals surface area contributed by atoms with Crippen LogP contribution in [0.2, 0.25) is 0 Å². The second kappa shape index (κ2) is 7.72. The van der Waals surface area contributed by atoms with Gasteiger partial charge in [-0.2, -0.15) is 0 Å². The molecule has 7 heteroatoms. The van der Waals surface area contributed by atoms with E-state index in [0.29, 0.717) is 0 Å². The van der Waals surface area contributed by atoms with Gasteiger partial charge in [0, 0.05) is 6.04 Å². The van der Waals surface area contributed by atoms with E-state index in [1.165, 1.54) is 4.70 Å². The zero-order valence-electron chi connectivity index (χ0n) is 14.7. The quantitative estimate of drug-likeness (QED) is 0.864. The average molecular weight is 372 g/mol. The molecule has 1 saturated heterocycles. The zero-order valence-corrected chi connectivity index (χ0v) is 15.6. The van der Waals surface area contributed by atoms with Gasteiger partial charge in [0.1, 0.15) is 5.01 Å². The fourth-order valence-electron chi connectivity index (χ4n) is 3.97. The normalized spacial score (nSPS) is 21.3. The van der Waals surface area contributed by atoms with E-state index in [-0.39, 0.29) is 30.6 Å². The molecule has 2 fully saturated rings. The number of aromatic nitrogens is 1. The Labute approximate surface area is 157 Å². The number of hydrogen-bond acceptors (Lipinski definition) is 5. The van der Waals surface area contributed by atoms with Crippen molar-refractivity contribution in [2.75, 3.05) is 13.1 Å². The number of amides is 3. The second-order valence-corrected chi connectivity index (χ2v) is 8.21. The number of hydrogen-bond donors (Lipinski definition) is 2. The summed E-state index contributed by atoms with van der Waals surface area (Å²) in [5.41, 5.74) is 1.01. The van der Waals surface area contributed by atoms with E-state index in [1.54, 1.807) is 11.3 Å². The Morgan fingerprint density at radius 3 is 2.77 bits per heavy atom. The van der Waals surface area contributed by atoms with Gasteiger partial charge in [-0.3, -0.25) is 15.0 Å². The van der Waals surface area contributed by atoms with Crippen LogP contribution in [0.15, 0.2) is 24.3 Å². The topological polar surface area (TPSA) is 74.3 Å². The molecule has 1 aliphatic carbocycles.